The molecular weight excluding hydrogens is 324 g/mol. The summed E-state index contributed by atoms with van der Waals surface area (Å²) in [4.78, 5) is 2.14. The third-order valence-corrected chi connectivity index (χ3v) is 5.15. The molecule has 0 spiro atoms. The number of ether oxygens (including phenoxy) is 1. The van der Waals surface area contributed by atoms with Gasteiger partial charge in [-0.15, -0.1) is 0 Å². The van der Waals surface area contributed by atoms with Crippen LogP contribution in [0.1, 0.15) is 0 Å². The van der Waals surface area contributed by atoms with Crippen LogP contribution in [0.3, 0.4) is 0 Å². The summed E-state index contributed by atoms with van der Waals surface area (Å²) in [6.45, 7) is 1.31. The summed E-state index contributed by atoms with van der Waals surface area (Å²) in [6.07, 6.45) is 0. The van der Waals surface area contributed by atoms with Crippen LogP contribution in [0.2, 0.25) is 5.02 Å². The van der Waals surface area contributed by atoms with E-state index in [1.807, 2.05) is 11.9 Å². The lowest BCUT2D eigenvalue weighted by molar-refractivity contribution is 0.311. The van der Waals surface area contributed by atoms with Gasteiger partial charge in [0.05, 0.1) is 27.8 Å². The predicted octanol–water partition coefficient (Wildman–Crippen LogP) is 2.97. The number of rotatable bonds is 3. The average molecular weight is 339 g/mol. The van der Waals surface area contributed by atoms with Gasteiger partial charge in [-0.1, -0.05) is 23.7 Å². The first-order valence-corrected chi connectivity index (χ1v) is 8.59. The molecular formula is C15H15ClN2O3S. The van der Waals surface area contributed by atoms with E-state index in [1.165, 1.54) is 6.07 Å². The van der Waals surface area contributed by atoms with Gasteiger partial charge in [0.2, 0.25) is 0 Å². The monoisotopic (exact) mass is 338 g/mol. The highest BCUT2D eigenvalue weighted by atomic mass is 35.5. The minimum absolute atomic E-state index is 0.170. The molecule has 1 heterocycles. The number of para-hydroxylation sites is 1. The maximum absolute atomic E-state index is 12.5. The number of likely N-dealkylation sites (N-methyl/N-ethyl adjacent to an activating group) is 1. The van der Waals surface area contributed by atoms with E-state index in [0.29, 0.717) is 29.6 Å². The molecule has 2 aromatic carbocycles. The van der Waals surface area contributed by atoms with Crippen molar-refractivity contribution in [3.05, 3.63) is 47.5 Å². The molecule has 0 fully saturated rings. The maximum atomic E-state index is 12.5. The van der Waals surface area contributed by atoms with Crippen LogP contribution in [0.5, 0.6) is 5.75 Å². The minimum Gasteiger partial charge on any atom is -0.490 e. The molecule has 3 rings (SSSR count). The molecule has 0 aromatic heterocycles. The third-order valence-electron chi connectivity index (χ3n) is 3.45. The second-order valence-electron chi connectivity index (χ2n) is 4.98. The van der Waals surface area contributed by atoms with Gasteiger partial charge < -0.3 is 9.64 Å². The van der Waals surface area contributed by atoms with Crippen LogP contribution >= 0.6 is 11.6 Å². The molecule has 22 heavy (non-hydrogen) atoms. The Hall–Kier alpha value is -1.92. The fourth-order valence-corrected chi connectivity index (χ4v) is 3.58. The van der Waals surface area contributed by atoms with Crippen LogP contribution in [0.15, 0.2) is 47.4 Å². The lowest BCUT2D eigenvalue weighted by Gasteiger charge is -2.28. The highest BCUT2D eigenvalue weighted by Gasteiger charge is 2.21. The van der Waals surface area contributed by atoms with Gasteiger partial charge in [0.15, 0.2) is 0 Å². The lowest BCUT2D eigenvalue weighted by Crippen LogP contribution is -2.29. The molecule has 0 aliphatic carbocycles. The zero-order valence-electron chi connectivity index (χ0n) is 11.9. The van der Waals surface area contributed by atoms with E-state index in [1.54, 1.807) is 36.4 Å². The third kappa shape index (κ3) is 2.84. The van der Waals surface area contributed by atoms with Crippen molar-refractivity contribution in [1.82, 2.24) is 0 Å². The van der Waals surface area contributed by atoms with E-state index in [0.717, 1.165) is 5.69 Å². The van der Waals surface area contributed by atoms with Gasteiger partial charge in [0, 0.05) is 7.05 Å². The fraction of sp³-hybridized carbons (Fsp3) is 0.200. The number of sulfonamides is 1. The van der Waals surface area contributed by atoms with E-state index in [2.05, 4.69) is 4.72 Å². The number of nitrogens with zero attached hydrogens (tertiary/aromatic N) is 1. The Morgan fingerprint density at radius 3 is 2.77 bits per heavy atom. The van der Waals surface area contributed by atoms with E-state index in [4.69, 9.17) is 16.3 Å². The van der Waals surface area contributed by atoms with Crippen LogP contribution in [0, 0.1) is 0 Å². The summed E-state index contributed by atoms with van der Waals surface area (Å²) < 4.78 is 33.1. The molecule has 1 aliphatic heterocycles. The topological polar surface area (TPSA) is 58.6 Å². The smallest absolute Gasteiger partial charge is 0.262 e. The first-order chi connectivity index (χ1) is 10.5. The highest BCUT2D eigenvalue weighted by Crippen LogP contribution is 2.33. The number of nitrogens with one attached hydrogen (secondary N) is 1. The molecule has 0 saturated carbocycles. The number of hydrogen-bond donors (Lipinski definition) is 1. The highest BCUT2D eigenvalue weighted by molar-refractivity contribution is 7.92. The van der Waals surface area contributed by atoms with Crippen molar-refractivity contribution in [3.63, 3.8) is 0 Å². The summed E-state index contributed by atoms with van der Waals surface area (Å²) in [5, 5.41) is 0.351. The van der Waals surface area contributed by atoms with Crippen molar-refractivity contribution in [2.24, 2.45) is 0 Å². The zero-order valence-corrected chi connectivity index (χ0v) is 13.5. The van der Waals surface area contributed by atoms with Gasteiger partial charge in [0.25, 0.3) is 10.0 Å². The molecule has 0 saturated heterocycles. The van der Waals surface area contributed by atoms with Gasteiger partial charge in [-0.05, 0) is 30.3 Å². The van der Waals surface area contributed by atoms with Gasteiger partial charge >= 0.3 is 0 Å². The molecule has 1 aliphatic rings. The summed E-state index contributed by atoms with van der Waals surface area (Å²) in [6, 6.07) is 11.5. The zero-order chi connectivity index (χ0) is 15.7. The summed E-state index contributed by atoms with van der Waals surface area (Å²) in [5.74, 6) is 0.686. The van der Waals surface area contributed by atoms with Gasteiger partial charge in [0.1, 0.15) is 12.4 Å². The Bertz CT molecular complexity index is 808. The van der Waals surface area contributed by atoms with E-state index >= 15 is 0 Å². The molecule has 1 N–H and O–H groups in total. The lowest BCUT2D eigenvalue weighted by atomic mass is 10.2. The Kier molecular flexibility index (Phi) is 3.88. The molecule has 0 atom stereocenters. The Morgan fingerprint density at radius 2 is 2.00 bits per heavy atom. The normalized spacial score (nSPS) is 14.2. The summed E-state index contributed by atoms with van der Waals surface area (Å²) >= 11 is 6.00. The van der Waals surface area contributed by atoms with Gasteiger partial charge in [-0.2, -0.15) is 0 Å². The Morgan fingerprint density at radius 1 is 1.23 bits per heavy atom. The predicted molar refractivity (Wildman–Crippen MR) is 87.5 cm³/mol. The van der Waals surface area contributed by atoms with E-state index in [-0.39, 0.29) is 4.90 Å². The van der Waals surface area contributed by atoms with Crippen molar-refractivity contribution in [3.8, 4) is 5.75 Å². The van der Waals surface area contributed by atoms with E-state index < -0.39 is 10.0 Å². The van der Waals surface area contributed by atoms with Crippen molar-refractivity contribution < 1.29 is 13.2 Å². The molecule has 0 amide bonds. The summed E-state index contributed by atoms with van der Waals surface area (Å²) in [5.41, 5.74) is 1.11. The maximum Gasteiger partial charge on any atom is 0.262 e. The van der Waals surface area contributed by atoms with E-state index in [9.17, 15) is 8.42 Å². The molecule has 2 aromatic rings. The second kappa shape index (κ2) is 5.70. The minimum atomic E-state index is -3.71. The van der Waals surface area contributed by atoms with Crippen molar-refractivity contribution in [1.29, 1.82) is 0 Å². The molecule has 0 unspecified atom stereocenters. The Balaban J connectivity index is 1.96. The first kappa shape index (κ1) is 15.0. The SMILES string of the molecule is CN1CCOc2ccc(S(=O)(=O)Nc3ccccc3Cl)cc21. The number of halogens is 1. The number of hydrogen-bond acceptors (Lipinski definition) is 4. The molecule has 5 nitrogen and oxygen atoms in total. The summed E-state index contributed by atoms with van der Waals surface area (Å²) in [7, 11) is -1.81. The first-order valence-electron chi connectivity index (χ1n) is 6.73. The Labute approximate surface area is 134 Å². The molecule has 0 radical (unpaired) electrons. The van der Waals surface area contributed by atoms with Crippen LogP contribution in [-0.2, 0) is 10.0 Å². The van der Waals surface area contributed by atoms with Crippen LogP contribution < -0.4 is 14.4 Å². The number of fused-ring (bicyclic) bond motifs is 1. The van der Waals surface area contributed by atoms with Crippen LogP contribution in [0.25, 0.3) is 0 Å². The fourth-order valence-electron chi connectivity index (χ4n) is 2.25. The van der Waals surface area contributed by atoms with Crippen LogP contribution in [0.4, 0.5) is 11.4 Å². The van der Waals surface area contributed by atoms with Gasteiger partial charge in [-0.3, -0.25) is 4.72 Å². The van der Waals surface area contributed by atoms with Gasteiger partial charge in [-0.25, -0.2) is 8.42 Å². The molecule has 7 heteroatoms. The van der Waals surface area contributed by atoms with Crippen molar-refractivity contribution >= 4 is 33.0 Å². The molecule has 0 bridgehead atoms. The standard InChI is InChI=1S/C15H15ClN2O3S/c1-18-8-9-21-15-7-6-11(10-14(15)18)22(19,20)17-13-5-3-2-4-12(13)16/h2-7,10,17H,8-9H2,1H3. The average Bonchev–Trinajstić information content (AvgIpc) is 2.49. The van der Waals surface area contributed by atoms with Crippen molar-refractivity contribution in [2.75, 3.05) is 29.8 Å². The molecule has 116 valence electrons. The van der Waals surface area contributed by atoms with Crippen molar-refractivity contribution in [2.45, 2.75) is 4.90 Å². The quantitative estimate of drug-likeness (QED) is 0.934. The second-order valence-corrected chi connectivity index (χ2v) is 7.07. The largest absolute Gasteiger partial charge is 0.490 e. The number of benzene rings is 2. The van der Waals surface area contributed by atoms with Crippen LogP contribution in [-0.4, -0.2) is 28.6 Å². The number of anilines is 2.